The van der Waals surface area contributed by atoms with Crippen LogP contribution in [0.2, 0.25) is 0 Å². The van der Waals surface area contributed by atoms with Crippen LogP contribution in [0.25, 0.3) is 0 Å². The number of hydrogen-bond acceptors (Lipinski definition) is 3. The molecule has 1 heterocycles. The number of aromatic nitrogens is 1. The van der Waals surface area contributed by atoms with Gasteiger partial charge < -0.3 is 10.4 Å². The SMILES string of the molecule is C=C(C)C[C@@H](NC(=O)c1cccnc1)C(=O)O. The lowest BCUT2D eigenvalue weighted by Gasteiger charge is -2.14. The van der Waals surface area contributed by atoms with E-state index in [2.05, 4.69) is 16.9 Å². The van der Waals surface area contributed by atoms with E-state index in [9.17, 15) is 9.59 Å². The monoisotopic (exact) mass is 234 g/mol. The summed E-state index contributed by atoms with van der Waals surface area (Å²) >= 11 is 0. The number of amides is 1. The fraction of sp³-hybridized carbons (Fsp3) is 0.250. The lowest BCUT2D eigenvalue weighted by atomic mass is 10.1. The molecular weight excluding hydrogens is 220 g/mol. The molecule has 0 saturated heterocycles. The summed E-state index contributed by atoms with van der Waals surface area (Å²) in [4.78, 5) is 26.4. The van der Waals surface area contributed by atoms with Crippen LogP contribution in [0.1, 0.15) is 23.7 Å². The van der Waals surface area contributed by atoms with Crippen molar-refractivity contribution < 1.29 is 14.7 Å². The van der Waals surface area contributed by atoms with Crippen molar-refractivity contribution in [3.63, 3.8) is 0 Å². The van der Waals surface area contributed by atoms with Gasteiger partial charge in [-0.25, -0.2) is 4.79 Å². The van der Waals surface area contributed by atoms with Gasteiger partial charge in [-0.15, -0.1) is 6.58 Å². The second-order valence-electron chi connectivity index (χ2n) is 3.77. The van der Waals surface area contributed by atoms with Gasteiger partial charge in [0.25, 0.3) is 5.91 Å². The molecule has 2 N–H and O–H groups in total. The second kappa shape index (κ2) is 5.79. The molecule has 1 rings (SSSR count). The lowest BCUT2D eigenvalue weighted by molar-refractivity contribution is -0.139. The highest BCUT2D eigenvalue weighted by molar-refractivity contribution is 5.96. The van der Waals surface area contributed by atoms with Gasteiger partial charge in [-0.2, -0.15) is 0 Å². The van der Waals surface area contributed by atoms with Gasteiger partial charge in [0.2, 0.25) is 0 Å². The standard InChI is InChI=1S/C12H14N2O3/c1-8(2)6-10(12(16)17)14-11(15)9-4-3-5-13-7-9/h3-5,7,10H,1,6H2,2H3,(H,14,15)(H,16,17)/t10-/m1/s1. The van der Waals surface area contributed by atoms with Crippen LogP contribution in [-0.2, 0) is 4.79 Å². The Bertz CT molecular complexity index is 429. The fourth-order valence-electron chi connectivity index (χ4n) is 1.29. The van der Waals surface area contributed by atoms with E-state index in [4.69, 9.17) is 5.11 Å². The molecule has 0 radical (unpaired) electrons. The molecule has 1 atom stereocenters. The maximum atomic E-state index is 11.7. The van der Waals surface area contributed by atoms with Crippen LogP contribution < -0.4 is 5.32 Å². The molecular formula is C12H14N2O3. The fourth-order valence-corrected chi connectivity index (χ4v) is 1.29. The molecule has 1 amide bonds. The number of carbonyl (C=O) groups excluding carboxylic acids is 1. The zero-order valence-electron chi connectivity index (χ0n) is 9.51. The number of aliphatic carboxylic acids is 1. The predicted octanol–water partition coefficient (Wildman–Crippen LogP) is 1.23. The van der Waals surface area contributed by atoms with E-state index in [0.29, 0.717) is 11.1 Å². The molecule has 90 valence electrons. The number of pyridine rings is 1. The molecule has 0 spiro atoms. The van der Waals surface area contributed by atoms with Crippen molar-refractivity contribution in [2.24, 2.45) is 0 Å². The minimum Gasteiger partial charge on any atom is -0.480 e. The number of hydrogen-bond donors (Lipinski definition) is 2. The Hall–Kier alpha value is -2.17. The van der Waals surface area contributed by atoms with E-state index in [1.807, 2.05) is 0 Å². The first-order valence-electron chi connectivity index (χ1n) is 5.08. The van der Waals surface area contributed by atoms with Crippen molar-refractivity contribution in [1.82, 2.24) is 10.3 Å². The normalized spacial score (nSPS) is 11.6. The Morgan fingerprint density at radius 3 is 2.76 bits per heavy atom. The number of carboxylic acid groups (broad SMARTS) is 1. The van der Waals surface area contributed by atoms with Gasteiger partial charge in [-0.1, -0.05) is 5.57 Å². The second-order valence-corrected chi connectivity index (χ2v) is 3.77. The van der Waals surface area contributed by atoms with E-state index < -0.39 is 17.9 Å². The summed E-state index contributed by atoms with van der Waals surface area (Å²) in [6, 6.07) is 2.23. The molecule has 0 unspecified atom stereocenters. The molecule has 0 aliphatic heterocycles. The molecule has 0 saturated carbocycles. The van der Waals surface area contributed by atoms with Gasteiger partial charge in [-0.3, -0.25) is 9.78 Å². The maximum Gasteiger partial charge on any atom is 0.326 e. The quantitative estimate of drug-likeness (QED) is 0.751. The summed E-state index contributed by atoms with van der Waals surface area (Å²) in [5.74, 6) is -1.53. The van der Waals surface area contributed by atoms with Gasteiger partial charge in [0.05, 0.1) is 5.56 Å². The molecule has 5 heteroatoms. The molecule has 0 aromatic carbocycles. The topological polar surface area (TPSA) is 79.3 Å². The Labute approximate surface area is 99.2 Å². The van der Waals surface area contributed by atoms with Crippen LogP contribution in [-0.4, -0.2) is 28.0 Å². The number of nitrogens with one attached hydrogen (secondary N) is 1. The molecule has 0 fully saturated rings. The largest absolute Gasteiger partial charge is 0.480 e. The Morgan fingerprint density at radius 2 is 2.29 bits per heavy atom. The first-order chi connectivity index (χ1) is 8.00. The number of rotatable bonds is 5. The molecule has 17 heavy (non-hydrogen) atoms. The van der Waals surface area contributed by atoms with Gasteiger partial charge in [0.15, 0.2) is 0 Å². The smallest absolute Gasteiger partial charge is 0.326 e. The van der Waals surface area contributed by atoms with E-state index >= 15 is 0 Å². The summed E-state index contributed by atoms with van der Waals surface area (Å²) in [5.41, 5.74) is 1.03. The summed E-state index contributed by atoms with van der Waals surface area (Å²) in [6.45, 7) is 5.34. The number of nitrogens with zero attached hydrogens (tertiary/aromatic N) is 1. The maximum absolute atomic E-state index is 11.7. The van der Waals surface area contributed by atoms with Gasteiger partial charge >= 0.3 is 5.97 Å². The first kappa shape index (κ1) is 12.9. The summed E-state index contributed by atoms with van der Waals surface area (Å²) in [6.07, 6.45) is 3.13. The van der Waals surface area contributed by atoms with Crippen molar-refractivity contribution in [2.45, 2.75) is 19.4 Å². The third-order valence-electron chi connectivity index (χ3n) is 2.08. The molecule has 1 aromatic heterocycles. The number of carboxylic acids is 1. The van der Waals surface area contributed by atoms with Crippen LogP contribution in [0.5, 0.6) is 0 Å². The molecule has 0 aliphatic carbocycles. The van der Waals surface area contributed by atoms with Crippen LogP contribution in [0, 0.1) is 0 Å². The average Bonchev–Trinajstić information content (AvgIpc) is 2.28. The first-order valence-corrected chi connectivity index (χ1v) is 5.08. The third-order valence-corrected chi connectivity index (χ3v) is 2.08. The van der Waals surface area contributed by atoms with Crippen LogP contribution in [0.4, 0.5) is 0 Å². The molecule has 5 nitrogen and oxygen atoms in total. The summed E-state index contributed by atoms with van der Waals surface area (Å²) in [7, 11) is 0. The minimum atomic E-state index is -1.08. The van der Waals surface area contributed by atoms with Crippen molar-refractivity contribution in [3.05, 3.63) is 42.2 Å². The van der Waals surface area contributed by atoms with E-state index in [0.717, 1.165) is 0 Å². The number of carbonyl (C=O) groups is 2. The van der Waals surface area contributed by atoms with Crippen LogP contribution in [0.15, 0.2) is 36.7 Å². The van der Waals surface area contributed by atoms with Crippen molar-refractivity contribution in [3.8, 4) is 0 Å². The predicted molar refractivity (Wildman–Crippen MR) is 62.6 cm³/mol. The van der Waals surface area contributed by atoms with Gasteiger partial charge in [0.1, 0.15) is 6.04 Å². The molecule has 0 aliphatic rings. The van der Waals surface area contributed by atoms with Crippen LogP contribution >= 0.6 is 0 Å². The highest BCUT2D eigenvalue weighted by atomic mass is 16.4. The molecule has 1 aromatic rings. The Kier molecular flexibility index (Phi) is 4.39. The van der Waals surface area contributed by atoms with Gasteiger partial charge in [-0.05, 0) is 25.5 Å². The Balaban J connectivity index is 2.71. The van der Waals surface area contributed by atoms with E-state index in [1.165, 1.54) is 6.20 Å². The highest BCUT2D eigenvalue weighted by Gasteiger charge is 2.20. The zero-order chi connectivity index (χ0) is 12.8. The van der Waals surface area contributed by atoms with Crippen LogP contribution in [0.3, 0.4) is 0 Å². The third kappa shape index (κ3) is 4.06. The van der Waals surface area contributed by atoms with Crippen molar-refractivity contribution in [1.29, 1.82) is 0 Å². The van der Waals surface area contributed by atoms with Crippen molar-refractivity contribution in [2.75, 3.05) is 0 Å². The lowest BCUT2D eigenvalue weighted by Crippen LogP contribution is -2.40. The van der Waals surface area contributed by atoms with E-state index in [1.54, 1.807) is 25.3 Å². The van der Waals surface area contributed by atoms with Gasteiger partial charge in [0, 0.05) is 12.4 Å². The van der Waals surface area contributed by atoms with Crippen molar-refractivity contribution >= 4 is 11.9 Å². The zero-order valence-corrected chi connectivity index (χ0v) is 9.51. The molecule has 0 bridgehead atoms. The van der Waals surface area contributed by atoms with E-state index in [-0.39, 0.29) is 6.42 Å². The summed E-state index contributed by atoms with van der Waals surface area (Å²) < 4.78 is 0. The average molecular weight is 234 g/mol. The minimum absolute atomic E-state index is 0.210. The highest BCUT2D eigenvalue weighted by Crippen LogP contribution is 2.04. The Morgan fingerprint density at radius 1 is 1.59 bits per heavy atom. The summed E-state index contributed by atoms with van der Waals surface area (Å²) in [5, 5.41) is 11.4.